The summed E-state index contributed by atoms with van der Waals surface area (Å²) in [5.74, 6) is 0. The molecule has 0 saturated carbocycles. The molecule has 0 radical (unpaired) electrons. The third-order valence-electron chi connectivity index (χ3n) is 4.16. The number of thiazole rings is 1. The molecule has 122 valence electrons. The van der Waals surface area contributed by atoms with Gasteiger partial charge in [-0.05, 0) is 44.2 Å². The number of urea groups is 1. The van der Waals surface area contributed by atoms with Gasteiger partial charge in [-0.2, -0.15) is 0 Å². The van der Waals surface area contributed by atoms with Crippen molar-refractivity contribution in [3.63, 3.8) is 0 Å². The number of carbonyl (C=O) groups is 1. The molecule has 2 amide bonds. The average molecular weight is 329 g/mol. The van der Waals surface area contributed by atoms with Crippen molar-refractivity contribution in [2.45, 2.75) is 38.6 Å². The highest BCUT2D eigenvalue weighted by Gasteiger charge is 2.12. The molecule has 0 atom stereocenters. The topological polar surface area (TPSA) is 45.2 Å². The van der Waals surface area contributed by atoms with Crippen LogP contribution in [0.4, 0.5) is 4.79 Å². The van der Waals surface area contributed by atoms with Gasteiger partial charge in [0, 0.05) is 13.6 Å². The van der Waals surface area contributed by atoms with Crippen LogP contribution in [-0.2, 0) is 6.54 Å². The molecule has 1 N–H and O–H groups in total. The van der Waals surface area contributed by atoms with Crippen LogP contribution in [0, 0.1) is 0 Å². The van der Waals surface area contributed by atoms with Crippen molar-refractivity contribution in [1.82, 2.24) is 15.2 Å². The minimum atomic E-state index is -0.0272. The third kappa shape index (κ3) is 4.32. The summed E-state index contributed by atoms with van der Waals surface area (Å²) < 4.78 is 1.17. The Balaban J connectivity index is 1.48. The number of fused-ring (bicyclic) bond motifs is 1. The fourth-order valence-corrected chi connectivity index (χ4v) is 3.88. The summed E-state index contributed by atoms with van der Waals surface area (Å²) in [4.78, 5) is 18.5. The molecular formula is C18H23N3OS. The van der Waals surface area contributed by atoms with Crippen LogP contribution in [0.2, 0.25) is 0 Å². The Bertz CT molecular complexity index is 674. The molecule has 5 heteroatoms. The fraction of sp³-hybridized carbons (Fsp3) is 0.444. The van der Waals surface area contributed by atoms with Gasteiger partial charge in [0.1, 0.15) is 5.01 Å². The Labute approximate surface area is 141 Å². The molecule has 23 heavy (non-hydrogen) atoms. The van der Waals surface area contributed by atoms with Crippen LogP contribution in [0.5, 0.6) is 0 Å². The molecule has 2 aromatic rings. The number of carbonyl (C=O) groups excluding carboxylic acids is 1. The van der Waals surface area contributed by atoms with Crippen LogP contribution in [0.3, 0.4) is 0 Å². The molecule has 3 rings (SSSR count). The van der Waals surface area contributed by atoms with E-state index in [2.05, 4.69) is 22.4 Å². The third-order valence-corrected chi connectivity index (χ3v) is 5.19. The van der Waals surface area contributed by atoms with Crippen LogP contribution in [0.25, 0.3) is 10.2 Å². The highest BCUT2D eigenvalue weighted by atomic mass is 32.1. The lowest BCUT2D eigenvalue weighted by atomic mass is 9.97. The summed E-state index contributed by atoms with van der Waals surface area (Å²) in [5, 5.41) is 3.98. The molecule has 4 nitrogen and oxygen atoms in total. The summed E-state index contributed by atoms with van der Waals surface area (Å²) >= 11 is 1.65. The van der Waals surface area contributed by atoms with Crippen LogP contribution in [0.1, 0.15) is 37.1 Å². The molecule has 1 aliphatic carbocycles. The zero-order chi connectivity index (χ0) is 16.1. The SMILES string of the molecule is CN(Cc1nc2ccccc2s1)C(=O)NCCC1=CCCCC1. The van der Waals surface area contributed by atoms with Crippen LogP contribution >= 0.6 is 11.3 Å². The van der Waals surface area contributed by atoms with E-state index in [4.69, 9.17) is 0 Å². The maximum atomic E-state index is 12.2. The van der Waals surface area contributed by atoms with Gasteiger partial charge in [0.15, 0.2) is 0 Å². The standard InChI is InChI=1S/C18H23N3OS/c1-21(13-17-20-15-9-5-6-10-16(15)23-17)18(22)19-12-11-14-7-3-2-4-8-14/h5-7,9-10H,2-4,8,11-13H2,1H3,(H,19,22). The van der Waals surface area contributed by atoms with Gasteiger partial charge in [0.2, 0.25) is 0 Å². The number of allylic oxidation sites excluding steroid dienone is 1. The zero-order valence-corrected chi connectivity index (χ0v) is 14.4. The molecule has 1 aliphatic rings. The number of amides is 2. The largest absolute Gasteiger partial charge is 0.338 e. The van der Waals surface area contributed by atoms with E-state index in [9.17, 15) is 4.79 Å². The van der Waals surface area contributed by atoms with Crippen molar-refractivity contribution in [3.05, 3.63) is 40.9 Å². The fourth-order valence-electron chi connectivity index (χ4n) is 2.86. The molecule has 1 aromatic carbocycles. The molecular weight excluding hydrogens is 306 g/mol. The number of hydrogen-bond donors (Lipinski definition) is 1. The smallest absolute Gasteiger partial charge is 0.317 e. The number of aromatic nitrogens is 1. The molecule has 1 aromatic heterocycles. The summed E-state index contributed by atoms with van der Waals surface area (Å²) in [6.07, 6.45) is 8.29. The number of nitrogens with zero attached hydrogens (tertiary/aromatic N) is 2. The van der Waals surface area contributed by atoms with Gasteiger partial charge in [-0.1, -0.05) is 23.8 Å². The van der Waals surface area contributed by atoms with Crippen LogP contribution < -0.4 is 5.32 Å². The lowest BCUT2D eigenvalue weighted by Gasteiger charge is -2.18. The molecule has 0 aliphatic heterocycles. The Morgan fingerprint density at radius 1 is 1.35 bits per heavy atom. The summed E-state index contributed by atoms with van der Waals surface area (Å²) in [6, 6.07) is 8.05. The number of benzene rings is 1. The second-order valence-corrected chi connectivity index (χ2v) is 7.14. The van der Waals surface area contributed by atoms with Crippen molar-refractivity contribution < 1.29 is 4.79 Å². The number of nitrogens with one attached hydrogen (secondary N) is 1. The molecule has 0 bridgehead atoms. The van der Waals surface area contributed by atoms with E-state index in [0.717, 1.165) is 23.5 Å². The normalized spacial score (nSPS) is 14.6. The maximum absolute atomic E-state index is 12.2. The lowest BCUT2D eigenvalue weighted by Crippen LogP contribution is -2.37. The van der Waals surface area contributed by atoms with Gasteiger partial charge in [-0.25, -0.2) is 9.78 Å². The highest BCUT2D eigenvalue weighted by Crippen LogP contribution is 2.22. The first-order chi connectivity index (χ1) is 11.2. The van der Waals surface area contributed by atoms with Gasteiger partial charge < -0.3 is 10.2 Å². The second kappa shape index (κ2) is 7.59. The number of para-hydroxylation sites is 1. The molecule has 0 unspecified atom stereocenters. The van der Waals surface area contributed by atoms with Gasteiger partial charge in [0.05, 0.1) is 16.8 Å². The zero-order valence-electron chi connectivity index (χ0n) is 13.5. The van der Waals surface area contributed by atoms with E-state index in [1.165, 1.54) is 36.0 Å². The van der Waals surface area contributed by atoms with Gasteiger partial charge >= 0.3 is 6.03 Å². The van der Waals surface area contributed by atoms with E-state index in [0.29, 0.717) is 6.54 Å². The summed E-state index contributed by atoms with van der Waals surface area (Å²) in [5.41, 5.74) is 2.50. The summed E-state index contributed by atoms with van der Waals surface area (Å²) in [7, 11) is 1.82. The van der Waals surface area contributed by atoms with Crippen molar-refractivity contribution in [2.75, 3.05) is 13.6 Å². The Kier molecular flexibility index (Phi) is 5.28. The minimum absolute atomic E-state index is 0.0272. The summed E-state index contributed by atoms with van der Waals surface area (Å²) in [6.45, 7) is 1.27. The van der Waals surface area contributed by atoms with E-state index in [1.54, 1.807) is 16.2 Å². The maximum Gasteiger partial charge on any atom is 0.317 e. The predicted molar refractivity (Wildman–Crippen MR) is 95.7 cm³/mol. The highest BCUT2D eigenvalue weighted by molar-refractivity contribution is 7.18. The van der Waals surface area contributed by atoms with E-state index in [1.807, 2.05) is 25.2 Å². The van der Waals surface area contributed by atoms with Crippen LogP contribution in [0.15, 0.2) is 35.9 Å². The van der Waals surface area contributed by atoms with Crippen molar-refractivity contribution in [3.8, 4) is 0 Å². The van der Waals surface area contributed by atoms with Crippen molar-refractivity contribution in [1.29, 1.82) is 0 Å². The quantitative estimate of drug-likeness (QED) is 0.830. The first-order valence-electron chi connectivity index (χ1n) is 8.24. The molecule has 0 spiro atoms. The van der Waals surface area contributed by atoms with E-state index >= 15 is 0 Å². The number of rotatable bonds is 5. The average Bonchev–Trinajstić information content (AvgIpc) is 2.98. The Hall–Kier alpha value is -1.88. The molecule has 1 heterocycles. The first kappa shape index (κ1) is 16.0. The monoisotopic (exact) mass is 329 g/mol. The predicted octanol–water partition coefficient (Wildman–Crippen LogP) is 4.33. The van der Waals surface area contributed by atoms with Gasteiger partial charge in [-0.3, -0.25) is 0 Å². The van der Waals surface area contributed by atoms with Crippen molar-refractivity contribution >= 4 is 27.6 Å². The minimum Gasteiger partial charge on any atom is -0.338 e. The Morgan fingerprint density at radius 3 is 3.00 bits per heavy atom. The van der Waals surface area contributed by atoms with Crippen molar-refractivity contribution in [2.24, 2.45) is 0 Å². The van der Waals surface area contributed by atoms with Crippen LogP contribution in [-0.4, -0.2) is 29.5 Å². The van der Waals surface area contributed by atoms with E-state index in [-0.39, 0.29) is 6.03 Å². The first-order valence-corrected chi connectivity index (χ1v) is 9.05. The van der Waals surface area contributed by atoms with Gasteiger partial charge in [0.25, 0.3) is 0 Å². The molecule has 0 saturated heterocycles. The van der Waals surface area contributed by atoms with Gasteiger partial charge in [-0.15, -0.1) is 11.3 Å². The lowest BCUT2D eigenvalue weighted by molar-refractivity contribution is 0.207. The number of hydrogen-bond acceptors (Lipinski definition) is 3. The molecule has 0 fully saturated rings. The second-order valence-electron chi connectivity index (χ2n) is 6.02. The Morgan fingerprint density at radius 2 is 2.22 bits per heavy atom. The van der Waals surface area contributed by atoms with E-state index < -0.39 is 0 Å².